The molecule has 3 aromatic carbocycles. The Bertz CT molecular complexity index is 1170. The Morgan fingerprint density at radius 3 is 2.08 bits per heavy atom. The van der Waals surface area contributed by atoms with E-state index in [0.29, 0.717) is 53.6 Å². The monoisotopic (exact) mass is 528 g/mol. The van der Waals surface area contributed by atoms with Gasteiger partial charge in [-0.25, -0.2) is 0 Å². The number of carbonyl (C=O) groups is 2. The molecule has 0 heterocycles. The highest BCUT2D eigenvalue weighted by molar-refractivity contribution is 6.04. The van der Waals surface area contributed by atoms with Crippen LogP contribution in [0.3, 0.4) is 0 Å². The number of aliphatic hydroxyl groups excluding tert-OH is 1. The number of nitrogens with zero attached hydrogens (tertiary/aromatic N) is 1. The lowest BCUT2D eigenvalue weighted by atomic mass is 10.1. The molecule has 37 heavy (non-hydrogen) atoms. The maximum absolute atomic E-state index is 12.3. The number of halogens is 1. The fourth-order valence-electron chi connectivity index (χ4n) is 3.01. The smallest absolute Gasteiger partial charge is 0.255 e. The van der Waals surface area contributed by atoms with Crippen LogP contribution in [0.1, 0.15) is 26.3 Å². The van der Waals surface area contributed by atoms with Crippen LogP contribution in [-0.2, 0) is 0 Å². The first-order valence-electron chi connectivity index (χ1n) is 10.9. The van der Waals surface area contributed by atoms with Crippen LogP contribution in [0, 0.1) is 11.3 Å². The molecule has 0 fully saturated rings. The van der Waals surface area contributed by atoms with E-state index < -0.39 is 12.0 Å². The summed E-state index contributed by atoms with van der Waals surface area (Å²) in [6.45, 7) is 1.32. The molecule has 7 N–H and O–H groups in total. The van der Waals surface area contributed by atoms with Gasteiger partial charge in [-0.15, -0.1) is 12.4 Å². The van der Waals surface area contributed by atoms with E-state index in [-0.39, 0.29) is 30.4 Å². The number of rotatable bonds is 12. The Balaban J connectivity index is 0.00000342. The zero-order valence-electron chi connectivity index (χ0n) is 19.8. The van der Waals surface area contributed by atoms with Crippen LogP contribution in [0.5, 0.6) is 11.5 Å². The number of hydrogen-bond acceptors (Lipinski definition) is 7. The number of hydrogen-bond donors (Lipinski definition) is 4. The van der Waals surface area contributed by atoms with Gasteiger partial charge in [0.1, 0.15) is 30.8 Å². The summed E-state index contributed by atoms with van der Waals surface area (Å²) in [5.41, 5.74) is 7.15. The molecule has 0 aliphatic rings. The van der Waals surface area contributed by atoms with E-state index in [2.05, 4.69) is 10.6 Å². The van der Waals surface area contributed by atoms with Gasteiger partial charge < -0.3 is 36.4 Å². The number of benzene rings is 3. The molecule has 0 aliphatic carbocycles. The molecule has 196 valence electrons. The molecule has 0 bridgehead atoms. The summed E-state index contributed by atoms with van der Waals surface area (Å²) in [7, 11) is 0. The third-order valence-electron chi connectivity index (χ3n) is 4.90. The first-order chi connectivity index (χ1) is 16.9. The van der Waals surface area contributed by atoms with Gasteiger partial charge >= 0.3 is 0 Å². The van der Waals surface area contributed by atoms with Crippen LogP contribution in [0.15, 0.2) is 72.8 Å². The predicted molar refractivity (Wildman–Crippen MR) is 141 cm³/mol. The summed E-state index contributed by atoms with van der Waals surface area (Å²) in [5.74, 6) is 0.411. The van der Waals surface area contributed by atoms with Gasteiger partial charge in [0.05, 0.1) is 11.6 Å². The highest BCUT2D eigenvalue weighted by Crippen LogP contribution is 2.17. The molecule has 0 spiro atoms. The van der Waals surface area contributed by atoms with Gasteiger partial charge in [0, 0.05) is 29.9 Å². The maximum atomic E-state index is 12.3. The minimum absolute atomic E-state index is 0. The van der Waals surface area contributed by atoms with Gasteiger partial charge in [-0.3, -0.25) is 9.59 Å². The van der Waals surface area contributed by atoms with Gasteiger partial charge in [0.25, 0.3) is 5.91 Å². The second-order valence-corrected chi connectivity index (χ2v) is 7.57. The molecule has 2 amide bonds. The molecule has 3 aromatic rings. The lowest BCUT2D eigenvalue weighted by molar-refractivity contribution is 0.0997. The van der Waals surface area contributed by atoms with Gasteiger partial charge in [0.2, 0.25) is 5.91 Å². The van der Waals surface area contributed by atoms with Gasteiger partial charge in [-0.1, -0.05) is 0 Å². The van der Waals surface area contributed by atoms with E-state index >= 15 is 0 Å². The van der Waals surface area contributed by atoms with Crippen molar-refractivity contribution in [3.05, 3.63) is 89.5 Å². The molecule has 1 atom stereocenters. The molecule has 0 saturated heterocycles. The van der Waals surface area contributed by atoms with Crippen LogP contribution in [0.25, 0.3) is 0 Å². The molecule has 0 radical (unpaired) electrons. The van der Waals surface area contributed by atoms with E-state index in [1.807, 2.05) is 6.07 Å². The lowest BCUT2D eigenvalue weighted by Crippen LogP contribution is -2.33. The number of nitrogens with one attached hydrogen (secondary N) is 2. The second kappa shape index (κ2) is 15.8. The van der Waals surface area contributed by atoms with Crippen LogP contribution in [0.2, 0.25) is 0 Å². The average Bonchev–Trinajstić information content (AvgIpc) is 2.88. The minimum atomic E-state index is -0.722. The number of primary amides is 1. The maximum Gasteiger partial charge on any atom is 0.255 e. The Labute approximate surface area is 220 Å². The minimum Gasteiger partial charge on any atom is -0.492 e. The van der Waals surface area contributed by atoms with Crippen LogP contribution in [0.4, 0.5) is 5.69 Å². The second-order valence-electron chi connectivity index (χ2n) is 7.57. The Hall–Kier alpha value is -4.14. The molecular weight excluding hydrogens is 500 g/mol. The van der Waals surface area contributed by atoms with Gasteiger partial charge in [-0.05, 0) is 72.8 Å². The standard InChI is InChI=1S/C26H26N4O5.ClH.H2O/c27-15-18-1-3-20(4-2-18)26(33)30-21-7-11-24(12-8-21)35-17-22(31)16-29-13-14-34-23-9-5-19(6-10-23)25(28)32;;/h1-12,22,29,31H,13-14,16-17H2,(H2,28,32)(H,30,33);1H;1H2. The number of ether oxygens (including phenoxy) is 2. The van der Waals surface area contributed by atoms with Crippen molar-refractivity contribution in [2.75, 3.05) is 31.6 Å². The molecule has 3 rings (SSSR count). The van der Waals surface area contributed by atoms with Gasteiger partial charge in [0.15, 0.2) is 0 Å². The molecule has 10 nitrogen and oxygen atoms in total. The Kier molecular flexibility index (Phi) is 13.2. The quantitative estimate of drug-likeness (QED) is 0.259. The largest absolute Gasteiger partial charge is 0.492 e. The van der Waals surface area contributed by atoms with Crippen molar-refractivity contribution in [2.45, 2.75) is 6.10 Å². The van der Waals surface area contributed by atoms with E-state index in [0.717, 1.165) is 0 Å². The molecule has 0 saturated carbocycles. The molecule has 0 aromatic heterocycles. The van der Waals surface area contributed by atoms with Crippen LogP contribution in [-0.4, -0.2) is 54.8 Å². The van der Waals surface area contributed by atoms with Crippen LogP contribution >= 0.6 is 12.4 Å². The lowest BCUT2D eigenvalue weighted by Gasteiger charge is -2.14. The third-order valence-corrected chi connectivity index (χ3v) is 4.90. The fraction of sp³-hybridized carbons (Fsp3) is 0.192. The topological polar surface area (TPSA) is 178 Å². The Morgan fingerprint density at radius 1 is 0.919 bits per heavy atom. The number of amides is 2. The number of aliphatic hydroxyl groups is 1. The van der Waals surface area contributed by atoms with Gasteiger partial charge in [-0.2, -0.15) is 5.26 Å². The van der Waals surface area contributed by atoms with E-state index in [1.54, 1.807) is 72.8 Å². The van der Waals surface area contributed by atoms with E-state index in [1.165, 1.54) is 0 Å². The fourth-order valence-corrected chi connectivity index (χ4v) is 3.01. The van der Waals surface area contributed by atoms with Crippen molar-refractivity contribution < 1.29 is 29.6 Å². The summed E-state index contributed by atoms with van der Waals surface area (Å²) >= 11 is 0. The van der Waals surface area contributed by atoms with Crippen molar-refractivity contribution in [1.82, 2.24) is 5.32 Å². The van der Waals surface area contributed by atoms with E-state index in [9.17, 15) is 14.7 Å². The van der Waals surface area contributed by atoms with E-state index in [4.69, 9.17) is 20.5 Å². The first kappa shape index (κ1) is 30.9. The van der Waals surface area contributed by atoms with Crippen molar-refractivity contribution in [1.29, 1.82) is 5.26 Å². The number of nitrogens with two attached hydrogens (primary N) is 1. The Morgan fingerprint density at radius 2 is 1.49 bits per heavy atom. The normalized spacial score (nSPS) is 10.6. The molecule has 1 unspecified atom stereocenters. The van der Waals surface area contributed by atoms with Crippen molar-refractivity contribution in [3.63, 3.8) is 0 Å². The SMILES string of the molecule is Cl.N#Cc1ccc(C(=O)Nc2ccc(OCC(O)CNCCOc3ccc(C(N)=O)cc3)cc2)cc1.O. The zero-order chi connectivity index (χ0) is 25.0. The highest BCUT2D eigenvalue weighted by atomic mass is 35.5. The van der Waals surface area contributed by atoms with Crippen LogP contribution < -0.4 is 25.8 Å². The average molecular weight is 529 g/mol. The number of anilines is 1. The summed E-state index contributed by atoms with van der Waals surface area (Å²) in [5, 5.41) is 24.8. The zero-order valence-corrected chi connectivity index (χ0v) is 20.7. The summed E-state index contributed by atoms with van der Waals surface area (Å²) < 4.78 is 11.2. The van der Waals surface area contributed by atoms with Crippen molar-refractivity contribution in [3.8, 4) is 17.6 Å². The highest BCUT2D eigenvalue weighted by Gasteiger charge is 2.08. The first-order valence-corrected chi connectivity index (χ1v) is 10.9. The summed E-state index contributed by atoms with van der Waals surface area (Å²) in [4.78, 5) is 23.3. The number of carbonyl (C=O) groups excluding carboxylic acids is 2. The summed E-state index contributed by atoms with van der Waals surface area (Å²) in [6.07, 6.45) is -0.722. The summed E-state index contributed by atoms with van der Waals surface area (Å²) in [6, 6.07) is 21.7. The molecule has 11 heteroatoms. The van der Waals surface area contributed by atoms with Crippen molar-refractivity contribution in [2.24, 2.45) is 5.73 Å². The molecule has 0 aliphatic heterocycles. The predicted octanol–water partition coefficient (Wildman–Crippen LogP) is 1.91. The number of nitriles is 1. The third kappa shape index (κ3) is 10.2. The van der Waals surface area contributed by atoms with Crippen molar-refractivity contribution >= 4 is 29.9 Å². The molecular formula is C26H29ClN4O6.